The molecule has 4 nitrogen and oxygen atoms in total. The van der Waals surface area contributed by atoms with Gasteiger partial charge in [0.05, 0.1) is 16.8 Å². The van der Waals surface area contributed by atoms with Gasteiger partial charge in [-0.25, -0.2) is 8.42 Å². The highest BCUT2D eigenvalue weighted by Gasteiger charge is 2.22. The van der Waals surface area contributed by atoms with E-state index in [0.717, 1.165) is 16.5 Å². The van der Waals surface area contributed by atoms with Gasteiger partial charge in [-0.15, -0.1) is 0 Å². The van der Waals surface area contributed by atoms with Crippen LogP contribution < -0.4 is 10.5 Å². The Labute approximate surface area is 95.2 Å². The summed E-state index contributed by atoms with van der Waals surface area (Å²) < 4.78 is 25.4. The van der Waals surface area contributed by atoms with Crippen molar-refractivity contribution in [3.05, 3.63) is 34.7 Å². The van der Waals surface area contributed by atoms with Crippen LogP contribution in [-0.4, -0.2) is 8.42 Å². The molecule has 2 rings (SSSR count). The molecular weight excluding hydrogens is 224 g/mol. The van der Waals surface area contributed by atoms with Gasteiger partial charge in [0, 0.05) is 5.56 Å². The van der Waals surface area contributed by atoms with E-state index in [1.165, 1.54) is 0 Å². The molecule has 5 heteroatoms. The van der Waals surface area contributed by atoms with E-state index in [1.54, 1.807) is 6.07 Å². The van der Waals surface area contributed by atoms with Crippen molar-refractivity contribution in [2.45, 2.75) is 19.8 Å². The van der Waals surface area contributed by atoms with Crippen LogP contribution in [0.1, 0.15) is 30.9 Å². The molecule has 0 saturated carbocycles. The highest BCUT2D eigenvalue weighted by Crippen LogP contribution is 2.33. The second-order valence-electron chi connectivity index (χ2n) is 4.14. The van der Waals surface area contributed by atoms with Crippen molar-refractivity contribution in [3.63, 3.8) is 0 Å². The molecule has 0 aromatic heterocycles. The zero-order chi connectivity index (χ0) is 11.9. The number of nitrogens with two attached hydrogens (primary N) is 1. The van der Waals surface area contributed by atoms with E-state index in [0.29, 0.717) is 17.3 Å². The Morgan fingerprint density at radius 1 is 1.31 bits per heavy atom. The third-order valence-corrected chi connectivity index (χ3v) is 3.61. The largest absolute Gasteiger partial charge is 0.398 e. The van der Waals surface area contributed by atoms with Crippen molar-refractivity contribution >= 4 is 21.4 Å². The van der Waals surface area contributed by atoms with E-state index in [4.69, 9.17) is 5.73 Å². The molecule has 1 aromatic rings. The Balaban J connectivity index is 2.70. The lowest BCUT2D eigenvalue weighted by Crippen LogP contribution is -2.19. The number of fused-ring (bicyclic) bond motifs is 1. The molecule has 0 atom stereocenters. The highest BCUT2D eigenvalue weighted by atomic mass is 32.2. The van der Waals surface area contributed by atoms with Gasteiger partial charge in [0.25, 0.3) is 10.0 Å². The third-order valence-electron chi connectivity index (χ3n) is 2.54. The highest BCUT2D eigenvalue weighted by molar-refractivity contribution is 7.95. The standard InChI is InChI=1S/C11H14N2O2S/c1-7(2)8-4-3-5-10-11(8)9(12)6-16(14,15)13-10/h3-7,13H,12H2,1-2H3. The fourth-order valence-electron chi connectivity index (χ4n) is 1.87. The van der Waals surface area contributed by atoms with Gasteiger partial charge >= 0.3 is 0 Å². The summed E-state index contributed by atoms with van der Waals surface area (Å²) in [7, 11) is -3.42. The van der Waals surface area contributed by atoms with Crippen molar-refractivity contribution in [3.8, 4) is 0 Å². The van der Waals surface area contributed by atoms with Crippen LogP contribution in [0.15, 0.2) is 23.6 Å². The molecule has 0 aliphatic carbocycles. The van der Waals surface area contributed by atoms with Gasteiger partial charge in [0.1, 0.15) is 0 Å². The summed E-state index contributed by atoms with van der Waals surface area (Å²) >= 11 is 0. The molecule has 1 aliphatic heterocycles. The van der Waals surface area contributed by atoms with Gasteiger partial charge in [-0.3, -0.25) is 4.72 Å². The Morgan fingerprint density at radius 2 is 2.00 bits per heavy atom. The number of hydrogen-bond acceptors (Lipinski definition) is 3. The molecule has 0 fully saturated rings. The summed E-state index contributed by atoms with van der Waals surface area (Å²) in [4.78, 5) is 0. The van der Waals surface area contributed by atoms with E-state index >= 15 is 0 Å². The molecule has 1 heterocycles. The van der Waals surface area contributed by atoms with Gasteiger partial charge in [-0.2, -0.15) is 0 Å². The van der Waals surface area contributed by atoms with Crippen LogP contribution >= 0.6 is 0 Å². The summed E-state index contributed by atoms with van der Waals surface area (Å²) in [5.41, 5.74) is 8.52. The number of benzene rings is 1. The van der Waals surface area contributed by atoms with Crippen LogP contribution in [0.25, 0.3) is 5.70 Å². The van der Waals surface area contributed by atoms with Crippen LogP contribution in [0, 0.1) is 0 Å². The molecule has 0 spiro atoms. The summed E-state index contributed by atoms with van der Waals surface area (Å²) in [6, 6.07) is 5.51. The van der Waals surface area contributed by atoms with E-state index in [1.807, 2.05) is 26.0 Å². The first-order valence-corrected chi connectivity index (χ1v) is 6.58. The fraction of sp³-hybridized carbons (Fsp3) is 0.273. The third kappa shape index (κ3) is 1.78. The van der Waals surface area contributed by atoms with E-state index in [9.17, 15) is 8.42 Å². The minimum absolute atomic E-state index is 0.296. The summed E-state index contributed by atoms with van der Waals surface area (Å²) in [5.74, 6) is 0.296. The molecule has 0 radical (unpaired) electrons. The average molecular weight is 238 g/mol. The second kappa shape index (κ2) is 3.52. The van der Waals surface area contributed by atoms with Crippen molar-refractivity contribution in [1.29, 1.82) is 0 Å². The molecule has 0 saturated heterocycles. The lowest BCUT2D eigenvalue weighted by molar-refractivity contribution is 0.609. The molecule has 0 unspecified atom stereocenters. The van der Waals surface area contributed by atoms with Gasteiger partial charge in [-0.05, 0) is 17.5 Å². The molecular formula is C11H14N2O2S. The van der Waals surface area contributed by atoms with Gasteiger partial charge in [0.2, 0.25) is 0 Å². The lowest BCUT2D eigenvalue weighted by Gasteiger charge is -2.21. The van der Waals surface area contributed by atoms with Gasteiger partial charge < -0.3 is 5.73 Å². The normalized spacial score (nSPS) is 17.6. The van der Waals surface area contributed by atoms with Crippen molar-refractivity contribution < 1.29 is 8.42 Å². The summed E-state index contributed by atoms with van der Waals surface area (Å²) in [5, 5.41) is 1.07. The number of anilines is 1. The summed E-state index contributed by atoms with van der Waals surface area (Å²) in [6.45, 7) is 4.10. The van der Waals surface area contributed by atoms with Crippen LogP contribution in [0.3, 0.4) is 0 Å². The number of nitrogens with one attached hydrogen (secondary N) is 1. The lowest BCUT2D eigenvalue weighted by atomic mass is 9.94. The Kier molecular flexibility index (Phi) is 2.42. The van der Waals surface area contributed by atoms with Crippen molar-refractivity contribution in [1.82, 2.24) is 0 Å². The van der Waals surface area contributed by atoms with Crippen LogP contribution in [0.4, 0.5) is 5.69 Å². The Morgan fingerprint density at radius 3 is 2.62 bits per heavy atom. The van der Waals surface area contributed by atoms with E-state index in [2.05, 4.69) is 4.72 Å². The first kappa shape index (κ1) is 11.0. The minimum atomic E-state index is -3.42. The molecule has 0 amide bonds. The van der Waals surface area contributed by atoms with E-state index in [-0.39, 0.29) is 0 Å². The molecule has 1 aromatic carbocycles. The zero-order valence-corrected chi connectivity index (χ0v) is 10.0. The first-order chi connectivity index (χ1) is 7.41. The van der Waals surface area contributed by atoms with Crippen molar-refractivity contribution in [2.75, 3.05) is 4.72 Å². The monoisotopic (exact) mass is 238 g/mol. The van der Waals surface area contributed by atoms with Crippen LogP contribution in [0.2, 0.25) is 0 Å². The van der Waals surface area contributed by atoms with Gasteiger partial charge in [0.15, 0.2) is 0 Å². The number of sulfonamides is 1. The predicted octanol–water partition coefficient (Wildman–Crippen LogP) is 1.82. The van der Waals surface area contributed by atoms with Crippen LogP contribution in [0.5, 0.6) is 0 Å². The quantitative estimate of drug-likeness (QED) is 0.784. The predicted molar refractivity (Wildman–Crippen MR) is 65.2 cm³/mol. The number of hydrogen-bond donors (Lipinski definition) is 2. The maximum Gasteiger partial charge on any atom is 0.257 e. The maximum atomic E-state index is 11.4. The smallest absolute Gasteiger partial charge is 0.257 e. The first-order valence-electron chi connectivity index (χ1n) is 5.04. The van der Waals surface area contributed by atoms with Crippen LogP contribution in [-0.2, 0) is 10.0 Å². The number of rotatable bonds is 1. The van der Waals surface area contributed by atoms with Gasteiger partial charge in [-0.1, -0.05) is 26.0 Å². The maximum absolute atomic E-state index is 11.4. The topological polar surface area (TPSA) is 72.2 Å². The molecule has 16 heavy (non-hydrogen) atoms. The Hall–Kier alpha value is -1.49. The molecule has 3 N–H and O–H groups in total. The Bertz CT molecular complexity index is 559. The van der Waals surface area contributed by atoms with E-state index < -0.39 is 10.0 Å². The zero-order valence-electron chi connectivity index (χ0n) is 9.19. The average Bonchev–Trinajstić information content (AvgIpc) is 2.14. The summed E-state index contributed by atoms with van der Waals surface area (Å²) in [6.07, 6.45) is 0. The second-order valence-corrected chi connectivity index (χ2v) is 5.67. The molecule has 86 valence electrons. The van der Waals surface area contributed by atoms with Crippen molar-refractivity contribution in [2.24, 2.45) is 5.73 Å². The molecule has 0 bridgehead atoms. The SMILES string of the molecule is CC(C)c1cccc2c1C(N)=CS(=O)(=O)N2. The fourth-order valence-corrected chi connectivity index (χ4v) is 2.86. The molecule has 1 aliphatic rings. The minimum Gasteiger partial charge on any atom is -0.398 e.